The van der Waals surface area contributed by atoms with Crippen molar-refractivity contribution in [1.29, 1.82) is 0 Å². The van der Waals surface area contributed by atoms with Gasteiger partial charge in [-0.15, -0.1) is 0 Å². The van der Waals surface area contributed by atoms with Crippen LogP contribution < -0.4 is 5.32 Å². The average Bonchev–Trinajstić information content (AvgIpc) is 3.26. The van der Waals surface area contributed by atoms with E-state index in [0.29, 0.717) is 11.3 Å². The number of carbonyl (C=O) groups is 2. The second-order valence-corrected chi connectivity index (χ2v) is 7.71. The second-order valence-electron chi connectivity index (χ2n) is 6.76. The van der Waals surface area contributed by atoms with Gasteiger partial charge >= 0.3 is 12.1 Å². The van der Waals surface area contributed by atoms with Crippen LogP contribution in [0.3, 0.4) is 0 Å². The van der Waals surface area contributed by atoms with Gasteiger partial charge in [0.15, 0.2) is 10.9 Å². The van der Waals surface area contributed by atoms with Gasteiger partial charge < -0.3 is 14.5 Å². The minimum atomic E-state index is -4.68. The number of hydrogen-bond acceptors (Lipinski definition) is 7. The normalized spacial score (nSPS) is 11.4. The van der Waals surface area contributed by atoms with Crippen LogP contribution in [-0.2, 0) is 15.7 Å². The fourth-order valence-corrected chi connectivity index (χ4v) is 3.14. The number of halogens is 3. The Kier molecular flexibility index (Phi) is 7.18. The number of benzene rings is 1. The SMILES string of the molecule is CC(C)OC(=O)c1ccc(NC(=O)CSc2nc(-c3ccco3)cc(C(F)(F)F)n2)cc1. The van der Waals surface area contributed by atoms with Gasteiger partial charge in [0.25, 0.3) is 0 Å². The Balaban J connectivity index is 1.65. The van der Waals surface area contributed by atoms with Crippen LogP contribution in [0, 0.1) is 0 Å². The van der Waals surface area contributed by atoms with Crippen LogP contribution >= 0.6 is 11.8 Å². The van der Waals surface area contributed by atoms with Gasteiger partial charge in [0.2, 0.25) is 5.91 Å². The number of rotatable bonds is 7. The number of carbonyl (C=O) groups excluding carboxylic acids is 2. The molecule has 0 bridgehead atoms. The molecule has 3 aromatic rings. The average molecular weight is 465 g/mol. The van der Waals surface area contributed by atoms with E-state index in [1.165, 1.54) is 42.7 Å². The molecule has 0 saturated carbocycles. The van der Waals surface area contributed by atoms with Gasteiger partial charge in [-0.25, -0.2) is 14.8 Å². The highest BCUT2D eigenvalue weighted by Gasteiger charge is 2.34. The Labute approximate surface area is 185 Å². The quantitative estimate of drug-likeness (QED) is 0.296. The van der Waals surface area contributed by atoms with Crippen LogP contribution in [0.4, 0.5) is 18.9 Å². The number of ether oxygens (including phenoxy) is 1. The monoisotopic (exact) mass is 465 g/mol. The fourth-order valence-electron chi connectivity index (χ4n) is 2.48. The third kappa shape index (κ3) is 6.33. The zero-order chi connectivity index (χ0) is 23.3. The molecule has 0 aliphatic rings. The zero-order valence-corrected chi connectivity index (χ0v) is 17.8. The maximum absolute atomic E-state index is 13.2. The van der Waals surface area contributed by atoms with Crippen molar-refractivity contribution >= 4 is 29.3 Å². The summed E-state index contributed by atoms with van der Waals surface area (Å²) in [6.45, 7) is 3.46. The van der Waals surface area contributed by atoms with Gasteiger partial charge in [0.1, 0.15) is 11.4 Å². The van der Waals surface area contributed by atoms with Crippen molar-refractivity contribution in [1.82, 2.24) is 9.97 Å². The minimum absolute atomic E-state index is 0.0379. The summed E-state index contributed by atoms with van der Waals surface area (Å²) in [5.74, 6) is -1.04. The standard InChI is InChI=1S/C21H18F3N3O4S/c1-12(2)31-19(29)13-5-7-14(8-6-13)25-18(28)11-32-20-26-15(16-4-3-9-30-16)10-17(27-20)21(22,23)24/h3-10,12H,11H2,1-2H3,(H,25,28). The number of hydrogen-bond donors (Lipinski definition) is 1. The molecule has 1 N–H and O–H groups in total. The van der Waals surface area contributed by atoms with Crippen LogP contribution in [0.5, 0.6) is 0 Å². The Morgan fingerprint density at radius 2 is 1.88 bits per heavy atom. The largest absolute Gasteiger partial charge is 0.463 e. The fraction of sp³-hybridized carbons (Fsp3) is 0.238. The first-order valence-electron chi connectivity index (χ1n) is 9.35. The summed E-state index contributed by atoms with van der Waals surface area (Å²) in [5.41, 5.74) is -0.429. The van der Waals surface area contributed by atoms with Crippen LogP contribution in [-0.4, -0.2) is 33.7 Å². The molecule has 0 spiro atoms. The molecule has 2 heterocycles. The Bertz CT molecular complexity index is 1080. The van der Waals surface area contributed by atoms with Crippen molar-refractivity contribution in [3.8, 4) is 11.5 Å². The Morgan fingerprint density at radius 3 is 2.47 bits per heavy atom. The topological polar surface area (TPSA) is 94.3 Å². The van der Waals surface area contributed by atoms with Gasteiger partial charge in [0, 0.05) is 5.69 Å². The number of nitrogens with one attached hydrogen (secondary N) is 1. The molecule has 0 radical (unpaired) electrons. The molecule has 0 atom stereocenters. The first kappa shape index (κ1) is 23.3. The summed E-state index contributed by atoms with van der Waals surface area (Å²) in [6, 6.07) is 9.83. The van der Waals surface area contributed by atoms with E-state index in [9.17, 15) is 22.8 Å². The lowest BCUT2D eigenvalue weighted by atomic mass is 10.2. The molecule has 0 aliphatic carbocycles. The molecular formula is C21H18F3N3O4S. The number of anilines is 1. The van der Waals surface area contributed by atoms with Crippen molar-refractivity contribution in [2.45, 2.75) is 31.3 Å². The van der Waals surface area contributed by atoms with E-state index in [1.54, 1.807) is 13.8 Å². The van der Waals surface area contributed by atoms with E-state index in [2.05, 4.69) is 15.3 Å². The second kappa shape index (κ2) is 9.86. The van der Waals surface area contributed by atoms with Gasteiger partial charge in [-0.1, -0.05) is 11.8 Å². The van der Waals surface area contributed by atoms with E-state index >= 15 is 0 Å². The van der Waals surface area contributed by atoms with Crippen molar-refractivity contribution in [3.63, 3.8) is 0 Å². The van der Waals surface area contributed by atoms with E-state index in [-0.39, 0.29) is 28.5 Å². The molecule has 0 saturated heterocycles. The molecule has 3 rings (SSSR count). The zero-order valence-electron chi connectivity index (χ0n) is 17.0. The smallest absolute Gasteiger partial charge is 0.433 e. The number of aromatic nitrogens is 2. The third-order valence-electron chi connectivity index (χ3n) is 3.85. The maximum atomic E-state index is 13.2. The minimum Gasteiger partial charge on any atom is -0.463 e. The van der Waals surface area contributed by atoms with Crippen molar-refractivity contribution in [2.24, 2.45) is 0 Å². The van der Waals surface area contributed by atoms with Crippen LogP contribution in [0.1, 0.15) is 29.9 Å². The van der Waals surface area contributed by atoms with Crippen molar-refractivity contribution < 1.29 is 31.9 Å². The molecule has 2 aromatic heterocycles. The molecule has 0 aliphatic heterocycles. The predicted octanol–water partition coefficient (Wildman–Crippen LogP) is 5.05. The first-order chi connectivity index (χ1) is 15.1. The molecule has 32 heavy (non-hydrogen) atoms. The summed E-state index contributed by atoms with van der Waals surface area (Å²) in [6.07, 6.45) is -3.62. The molecule has 1 amide bonds. The van der Waals surface area contributed by atoms with Gasteiger partial charge in [-0.2, -0.15) is 13.2 Å². The number of thioether (sulfide) groups is 1. The summed E-state index contributed by atoms with van der Waals surface area (Å²) in [5, 5.41) is 2.38. The lowest BCUT2D eigenvalue weighted by Crippen LogP contribution is -2.15. The molecule has 168 valence electrons. The van der Waals surface area contributed by atoms with Crippen LogP contribution in [0.25, 0.3) is 11.5 Å². The van der Waals surface area contributed by atoms with Gasteiger partial charge in [0.05, 0.1) is 23.7 Å². The highest BCUT2D eigenvalue weighted by molar-refractivity contribution is 7.99. The lowest BCUT2D eigenvalue weighted by molar-refractivity contribution is -0.141. The first-order valence-corrected chi connectivity index (χ1v) is 10.3. The van der Waals surface area contributed by atoms with Crippen molar-refractivity contribution in [3.05, 3.63) is 60.0 Å². The van der Waals surface area contributed by atoms with E-state index in [4.69, 9.17) is 9.15 Å². The van der Waals surface area contributed by atoms with Crippen LogP contribution in [0.15, 0.2) is 58.3 Å². The summed E-state index contributed by atoms with van der Waals surface area (Å²) in [4.78, 5) is 31.6. The van der Waals surface area contributed by atoms with Crippen molar-refractivity contribution in [2.75, 3.05) is 11.1 Å². The molecule has 0 unspecified atom stereocenters. The number of amides is 1. The molecule has 7 nitrogen and oxygen atoms in total. The third-order valence-corrected chi connectivity index (χ3v) is 4.70. The number of esters is 1. The summed E-state index contributed by atoms with van der Waals surface area (Å²) in [7, 11) is 0. The highest BCUT2D eigenvalue weighted by atomic mass is 32.2. The molecule has 11 heteroatoms. The lowest BCUT2D eigenvalue weighted by Gasteiger charge is -2.10. The van der Waals surface area contributed by atoms with Gasteiger partial charge in [-0.05, 0) is 56.3 Å². The van der Waals surface area contributed by atoms with E-state index < -0.39 is 23.7 Å². The Hall–Kier alpha value is -3.34. The van der Waals surface area contributed by atoms with Crippen LogP contribution in [0.2, 0.25) is 0 Å². The molecular weight excluding hydrogens is 447 g/mol. The highest BCUT2D eigenvalue weighted by Crippen LogP contribution is 2.32. The van der Waals surface area contributed by atoms with E-state index in [1.807, 2.05) is 0 Å². The Morgan fingerprint density at radius 1 is 1.16 bits per heavy atom. The molecule has 0 fully saturated rings. The number of nitrogens with zero attached hydrogens (tertiary/aromatic N) is 2. The summed E-state index contributed by atoms with van der Waals surface area (Å²) < 4.78 is 49.8. The number of furan rings is 1. The predicted molar refractivity (Wildman–Crippen MR) is 111 cm³/mol. The van der Waals surface area contributed by atoms with Gasteiger partial charge in [-0.3, -0.25) is 4.79 Å². The molecule has 1 aromatic carbocycles. The maximum Gasteiger partial charge on any atom is 0.433 e. The summed E-state index contributed by atoms with van der Waals surface area (Å²) >= 11 is 0.754. The van der Waals surface area contributed by atoms with E-state index in [0.717, 1.165) is 17.8 Å². The number of alkyl halides is 3.